The van der Waals surface area contributed by atoms with Gasteiger partial charge in [0, 0.05) is 17.8 Å². The molecule has 1 heterocycles. The number of carbonyl (C=O) groups excluding carboxylic acids is 3. The van der Waals surface area contributed by atoms with E-state index in [2.05, 4.69) is 26.6 Å². The van der Waals surface area contributed by atoms with E-state index in [0.717, 1.165) is 11.1 Å². The molecule has 3 N–H and O–H groups in total. The van der Waals surface area contributed by atoms with Crippen molar-refractivity contribution >= 4 is 44.9 Å². The predicted octanol–water partition coefficient (Wildman–Crippen LogP) is 5.48. The number of anilines is 2. The fourth-order valence-corrected chi connectivity index (χ4v) is 5.58. The molecule has 8 heteroatoms. The Bertz CT molecular complexity index is 1310. The monoisotopic (exact) mass is 566 g/mol. The minimum Gasteiger partial charge on any atom is -0.454 e. The van der Waals surface area contributed by atoms with Crippen LogP contribution in [0, 0.1) is 11.8 Å². The number of furan rings is 1. The lowest BCUT2D eigenvalue weighted by Crippen LogP contribution is -2.56. The largest absolute Gasteiger partial charge is 0.454 e. The van der Waals surface area contributed by atoms with Gasteiger partial charge >= 0.3 is 0 Å². The maximum Gasteiger partial charge on any atom is 0.235 e. The van der Waals surface area contributed by atoms with E-state index in [1.165, 1.54) is 6.92 Å². The van der Waals surface area contributed by atoms with Gasteiger partial charge in [0.15, 0.2) is 4.67 Å². The number of halogens is 1. The van der Waals surface area contributed by atoms with Crippen LogP contribution in [0.2, 0.25) is 0 Å². The minimum atomic E-state index is -1.70. The van der Waals surface area contributed by atoms with Crippen LogP contribution in [0.5, 0.6) is 0 Å². The maximum atomic E-state index is 13.8. The van der Waals surface area contributed by atoms with Crippen LogP contribution >= 0.6 is 15.9 Å². The van der Waals surface area contributed by atoms with Gasteiger partial charge in [-0.2, -0.15) is 0 Å². The van der Waals surface area contributed by atoms with E-state index in [-0.39, 0.29) is 12.2 Å². The molecule has 4 rings (SSSR count). The normalized spacial score (nSPS) is 23.5. The van der Waals surface area contributed by atoms with E-state index in [1.807, 2.05) is 50.2 Å². The van der Waals surface area contributed by atoms with Gasteiger partial charge in [0.1, 0.15) is 17.5 Å². The van der Waals surface area contributed by atoms with Gasteiger partial charge in [-0.25, -0.2) is 0 Å². The van der Waals surface area contributed by atoms with E-state index < -0.39 is 41.0 Å². The summed E-state index contributed by atoms with van der Waals surface area (Å²) in [4.78, 5) is 40.9. The number of ketones is 1. The molecule has 37 heavy (non-hydrogen) atoms. The highest BCUT2D eigenvalue weighted by molar-refractivity contribution is 9.10. The number of hydrogen-bond acceptors (Lipinski definition) is 5. The average Bonchev–Trinajstić information content (AvgIpc) is 3.29. The zero-order chi connectivity index (χ0) is 26.7. The van der Waals surface area contributed by atoms with E-state index in [9.17, 15) is 19.5 Å². The quantitative estimate of drug-likeness (QED) is 0.328. The second-order valence-corrected chi connectivity index (χ2v) is 10.4. The number of rotatable bonds is 7. The van der Waals surface area contributed by atoms with Crippen molar-refractivity contribution in [2.24, 2.45) is 11.8 Å². The van der Waals surface area contributed by atoms with Crippen LogP contribution in [0.15, 0.2) is 69.8 Å². The zero-order valence-electron chi connectivity index (χ0n) is 21.1. The van der Waals surface area contributed by atoms with Crippen molar-refractivity contribution in [1.82, 2.24) is 0 Å². The first-order valence-corrected chi connectivity index (χ1v) is 13.2. The summed E-state index contributed by atoms with van der Waals surface area (Å²) in [7, 11) is 0. The molecule has 1 saturated carbocycles. The van der Waals surface area contributed by atoms with Crippen LogP contribution in [0.1, 0.15) is 50.0 Å². The molecule has 4 atom stereocenters. The number of hydrogen-bond donors (Lipinski definition) is 3. The number of amides is 2. The van der Waals surface area contributed by atoms with Crippen LogP contribution in [0.4, 0.5) is 11.4 Å². The molecule has 0 spiro atoms. The molecule has 1 fully saturated rings. The summed E-state index contributed by atoms with van der Waals surface area (Å²) in [6, 6.07) is 18.1. The van der Waals surface area contributed by atoms with E-state index in [0.29, 0.717) is 28.9 Å². The number of carbonyl (C=O) groups is 3. The standard InChI is InChI=1S/C29H31BrN2O5/c1-4-17-10-6-8-12-19(17)31-27(34)24-21(33)16-29(3,36)26(25(24)22-14-15-23(30)37-22)28(35)32-20-13-9-7-11-18(20)5-2/h6-15,24-26,36H,4-5,16H2,1-3H3,(H,31,34)(H,32,35). The van der Waals surface area contributed by atoms with Crippen LogP contribution in [0.25, 0.3) is 0 Å². The molecule has 3 aromatic rings. The van der Waals surface area contributed by atoms with Gasteiger partial charge in [-0.15, -0.1) is 0 Å². The minimum absolute atomic E-state index is 0.271. The maximum absolute atomic E-state index is 13.8. The lowest BCUT2D eigenvalue weighted by Gasteiger charge is -2.43. The summed E-state index contributed by atoms with van der Waals surface area (Å²) in [5.74, 6) is -4.59. The summed E-state index contributed by atoms with van der Waals surface area (Å²) in [6.07, 6.45) is 1.05. The van der Waals surface area contributed by atoms with Crippen molar-refractivity contribution < 1.29 is 23.9 Å². The molecule has 0 saturated heterocycles. The van der Waals surface area contributed by atoms with Crippen LogP contribution < -0.4 is 10.6 Å². The van der Waals surface area contributed by atoms with Crippen molar-refractivity contribution in [3.05, 3.63) is 82.2 Å². The first kappa shape index (κ1) is 26.8. The van der Waals surface area contributed by atoms with E-state index >= 15 is 0 Å². The van der Waals surface area contributed by atoms with Crippen molar-refractivity contribution in [2.75, 3.05) is 10.6 Å². The first-order chi connectivity index (χ1) is 17.7. The molecule has 2 amide bonds. The van der Waals surface area contributed by atoms with Gasteiger partial charge in [0.25, 0.3) is 0 Å². The van der Waals surface area contributed by atoms with Gasteiger partial charge in [-0.3, -0.25) is 14.4 Å². The molecule has 1 aliphatic rings. The molecule has 0 bridgehead atoms. The van der Waals surface area contributed by atoms with Gasteiger partial charge in [-0.1, -0.05) is 50.2 Å². The molecular weight excluding hydrogens is 536 g/mol. The highest BCUT2D eigenvalue weighted by atomic mass is 79.9. The molecule has 4 unspecified atom stereocenters. The van der Waals surface area contributed by atoms with Crippen molar-refractivity contribution in [3.63, 3.8) is 0 Å². The fraction of sp³-hybridized carbons (Fsp3) is 0.345. The molecule has 2 aromatic carbocycles. The van der Waals surface area contributed by atoms with E-state index in [4.69, 9.17) is 4.42 Å². The molecule has 0 radical (unpaired) electrons. The lowest BCUT2D eigenvalue weighted by atomic mass is 9.62. The van der Waals surface area contributed by atoms with Crippen molar-refractivity contribution in [3.8, 4) is 0 Å². The van der Waals surface area contributed by atoms with Gasteiger partial charge in [0.05, 0.1) is 17.4 Å². The van der Waals surface area contributed by atoms with Crippen LogP contribution in [-0.2, 0) is 27.2 Å². The van der Waals surface area contributed by atoms with Crippen molar-refractivity contribution in [2.45, 2.75) is 51.6 Å². The number of aliphatic hydroxyl groups is 1. The Balaban J connectivity index is 1.76. The number of Topliss-reactive ketones (excluding diaryl/α,β-unsaturated/α-hetero) is 1. The topological polar surface area (TPSA) is 109 Å². The Morgan fingerprint density at radius 1 is 0.946 bits per heavy atom. The zero-order valence-corrected chi connectivity index (χ0v) is 22.7. The number of nitrogens with one attached hydrogen (secondary N) is 2. The SMILES string of the molecule is CCc1ccccc1NC(=O)C1C(=O)CC(C)(O)C(C(=O)Nc2ccccc2CC)C1c1ccc(Br)o1. The molecule has 194 valence electrons. The fourth-order valence-electron chi connectivity index (χ4n) is 5.27. The van der Waals surface area contributed by atoms with Crippen LogP contribution in [-0.4, -0.2) is 28.3 Å². The third kappa shape index (κ3) is 5.55. The second-order valence-electron chi connectivity index (χ2n) is 9.62. The summed E-state index contributed by atoms with van der Waals surface area (Å²) in [5, 5.41) is 17.3. The third-order valence-electron chi connectivity index (χ3n) is 7.07. The van der Waals surface area contributed by atoms with Crippen molar-refractivity contribution in [1.29, 1.82) is 0 Å². The van der Waals surface area contributed by atoms with Gasteiger partial charge in [-0.05, 0) is 71.1 Å². The molecule has 7 nitrogen and oxygen atoms in total. The third-order valence-corrected chi connectivity index (χ3v) is 7.49. The van der Waals surface area contributed by atoms with E-state index in [1.54, 1.807) is 24.3 Å². The smallest absolute Gasteiger partial charge is 0.235 e. The summed E-state index contributed by atoms with van der Waals surface area (Å²) >= 11 is 3.29. The average molecular weight is 567 g/mol. The number of aryl methyl sites for hydroxylation is 2. The lowest BCUT2D eigenvalue weighted by molar-refractivity contribution is -0.151. The molecular formula is C29H31BrN2O5. The Labute approximate surface area is 224 Å². The Morgan fingerprint density at radius 2 is 1.49 bits per heavy atom. The Kier molecular flexibility index (Phi) is 7.99. The number of benzene rings is 2. The Hall–Kier alpha value is -3.23. The molecule has 1 aromatic heterocycles. The summed E-state index contributed by atoms with van der Waals surface area (Å²) < 4.78 is 6.20. The molecule has 0 aliphatic heterocycles. The Morgan fingerprint density at radius 3 is 2.00 bits per heavy atom. The molecule has 1 aliphatic carbocycles. The summed E-state index contributed by atoms with van der Waals surface area (Å²) in [6.45, 7) is 5.43. The highest BCUT2D eigenvalue weighted by Crippen LogP contribution is 2.47. The van der Waals surface area contributed by atoms with Gasteiger partial charge in [0.2, 0.25) is 11.8 Å². The number of para-hydroxylation sites is 2. The van der Waals surface area contributed by atoms with Gasteiger partial charge < -0.3 is 20.2 Å². The second kappa shape index (κ2) is 11.0. The highest BCUT2D eigenvalue weighted by Gasteiger charge is 2.57. The first-order valence-electron chi connectivity index (χ1n) is 12.4. The predicted molar refractivity (Wildman–Crippen MR) is 145 cm³/mol. The van der Waals surface area contributed by atoms with Crippen LogP contribution in [0.3, 0.4) is 0 Å². The summed E-state index contributed by atoms with van der Waals surface area (Å²) in [5.41, 5.74) is 1.39.